The summed E-state index contributed by atoms with van der Waals surface area (Å²) in [5.41, 5.74) is 1.73. The van der Waals surface area contributed by atoms with Crippen LogP contribution >= 0.6 is 11.8 Å². The molecular weight excluding hydrogens is 425 g/mol. The Morgan fingerprint density at radius 1 is 1.06 bits per heavy atom. The molecule has 31 heavy (non-hydrogen) atoms. The Hall–Kier alpha value is -2.78. The standard InChI is InChI=1S/C22H21F3N4OS/c23-22(24,25)20-8-9-29(27-20)19-6-4-17(5-7-19)21(30)26-18-3-1-2-16(14-18)15-28-10-12-31-13-11-28/h1-9,14H,10-13,15H2,(H,26,30). The highest BCUT2D eigenvalue weighted by molar-refractivity contribution is 7.99. The zero-order chi connectivity index (χ0) is 21.8. The molecule has 0 aliphatic carbocycles. The topological polar surface area (TPSA) is 50.2 Å². The van der Waals surface area contributed by atoms with E-state index in [-0.39, 0.29) is 5.91 Å². The van der Waals surface area contributed by atoms with E-state index in [4.69, 9.17) is 0 Å². The van der Waals surface area contributed by atoms with Crippen LogP contribution in [-0.4, -0.2) is 45.2 Å². The molecule has 2 heterocycles. The zero-order valence-electron chi connectivity index (χ0n) is 16.6. The number of rotatable bonds is 5. The normalized spacial score (nSPS) is 15.1. The van der Waals surface area contributed by atoms with E-state index in [1.165, 1.54) is 6.20 Å². The molecule has 3 aromatic rings. The van der Waals surface area contributed by atoms with Gasteiger partial charge < -0.3 is 5.32 Å². The third-order valence-electron chi connectivity index (χ3n) is 4.97. The summed E-state index contributed by atoms with van der Waals surface area (Å²) in [7, 11) is 0. The Morgan fingerprint density at radius 3 is 2.48 bits per heavy atom. The van der Waals surface area contributed by atoms with Gasteiger partial charge in [-0.05, 0) is 48.0 Å². The van der Waals surface area contributed by atoms with Gasteiger partial charge in [0.1, 0.15) is 0 Å². The molecule has 1 aliphatic rings. The predicted octanol–water partition coefficient (Wildman–Crippen LogP) is 4.69. The molecule has 9 heteroatoms. The van der Waals surface area contributed by atoms with Crippen molar-refractivity contribution in [3.8, 4) is 5.69 Å². The Bertz CT molecular complexity index is 1040. The van der Waals surface area contributed by atoms with E-state index < -0.39 is 11.9 Å². The molecule has 2 aromatic carbocycles. The first kappa shape index (κ1) is 21.5. The van der Waals surface area contributed by atoms with E-state index in [2.05, 4.69) is 15.3 Å². The molecule has 4 rings (SSSR count). The number of hydrogen-bond acceptors (Lipinski definition) is 4. The molecular formula is C22H21F3N4OS. The van der Waals surface area contributed by atoms with E-state index in [0.29, 0.717) is 16.9 Å². The Labute approximate surface area is 182 Å². The molecule has 1 saturated heterocycles. The van der Waals surface area contributed by atoms with Crippen molar-refractivity contribution in [1.29, 1.82) is 0 Å². The van der Waals surface area contributed by atoms with Crippen molar-refractivity contribution in [3.05, 3.63) is 77.6 Å². The maximum Gasteiger partial charge on any atom is 0.435 e. The van der Waals surface area contributed by atoms with Gasteiger partial charge in [-0.1, -0.05) is 12.1 Å². The maximum absolute atomic E-state index is 12.7. The minimum Gasteiger partial charge on any atom is -0.322 e. The third-order valence-corrected chi connectivity index (χ3v) is 5.91. The minimum atomic E-state index is -4.49. The van der Waals surface area contributed by atoms with Gasteiger partial charge in [-0.15, -0.1) is 0 Å². The number of nitrogens with zero attached hydrogens (tertiary/aromatic N) is 3. The van der Waals surface area contributed by atoms with Crippen LogP contribution in [-0.2, 0) is 12.7 Å². The summed E-state index contributed by atoms with van der Waals surface area (Å²) in [6.07, 6.45) is -3.25. The average molecular weight is 446 g/mol. The number of amides is 1. The second kappa shape index (κ2) is 9.15. The molecule has 0 unspecified atom stereocenters. The van der Waals surface area contributed by atoms with Crippen LogP contribution in [0, 0.1) is 0 Å². The molecule has 1 aliphatic heterocycles. The number of halogens is 3. The number of aromatic nitrogens is 2. The highest BCUT2D eigenvalue weighted by atomic mass is 32.2. The van der Waals surface area contributed by atoms with Crippen LogP contribution in [0.3, 0.4) is 0 Å². The lowest BCUT2D eigenvalue weighted by Crippen LogP contribution is -2.31. The number of hydrogen-bond donors (Lipinski definition) is 1. The van der Waals surface area contributed by atoms with Gasteiger partial charge in [-0.3, -0.25) is 9.69 Å². The number of carbonyl (C=O) groups excluding carboxylic acids is 1. The lowest BCUT2D eigenvalue weighted by molar-refractivity contribution is -0.141. The number of anilines is 1. The molecule has 0 spiro atoms. The molecule has 1 fully saturated rings. The van der Waals surface area contributed by atoms with Gasteiger partial charge in [0.15, 0.2) is 5.69 Å². The average Bonchev–Trinajstić information content (AvgIpc) is 3.26. The second-order valence-corrected chi connectivity index (χ2v) is 8.46. The monoisotopic (exact) mass is 446 g/mol. The molecule has 1 N–H and O–H groups in total. The molecule has 0 bridgehead atoms. The quantitative estimate of drug-likeness (QED) is 0.618. The van der Waals surface area contributed by atoms with Gasteiger partial charge in [0.25, 0.3) is 5.91 Å². The van der Waals surface area contributed by atoms with Crippen LogP contribution < -0.4 is 5.32 Å². The number of nitrogens with one attached hydrogen (secondary N) is 1. The number of alkyl halides is 3. The van der Waals surface area contributed by atoms with Crippen molar-refractivity contribution in [2.45, 2.75) is 12.7 Å². The van der Waals surface area contributed by atoms with E-state index in [9.17, 15) is 18.0 Å². The summed E-state index contributed by atoms with van der Waals surface area (Å²) in [5, 5.41) is 6.42. The van der Waals surface area contributed by atoms with E-state index in [0.717, 1.165) is 47.5 Å². The fraction of sp³-hybridized carbons (Fsp3) is 0.273. The summed E-state index contributed by atoms with van der Waals surface area (Å²) in [5.74, 6) is 2.00. The first-order valence-corrected chi connectivity index (χ1v) is 11.0. The highest BCUT2D eigenvalue weighted by Crippen LogP contribution is 2.28. The number of thioether (sulfide) groups is 1. The highest BCUT2D eigenvalue weighted by Gasteiger charge is 2.33. The van der Waals surface area contributed by atoms with Crippen LogP contribution in [0.1, 0.15) is 21.6 Å². The SMILES string of the molecule is O=C(Nc1cccc(CN2CCSCC2)c1)c1ccc(-n2ccc(C(F)(F)F)n2)cc1. The van der Waals surface area contributed by atoms with Crippen LogP contribution in [0.2, 0.25) is 0 Å². The van der Waals surface area contributed by atoms with Crippen LogP contribution in [0.15, 0.2) is 60.8 Å². The van der Waals surface area contributed by atoms with Crippen LogP contribution in [0.25, 0.3) is 5.69 Å². The lowest BCUT2D eigenvalue weighted by Gasteiger charge is -2.26. The smallest absolute Gasteiger partial charge is 0.322 e. The van der Waals surface area contributed by atoms with Gasteiger partial charge >= 0.3 is 6.18 Å². The van der Waals surface area contributed by atoms with Crippen molar-refractivity contribution in [1.82, 2.24) is 14.7 Å². The summed E-state index contributed by atoms with van der Waals surface area (Å²) >= 11 is 1.97. The predicted molar refractivity (Wildman–Crippen MR) is 116 cm³/mol. The maximum atomic E-state index is 12.7. The molecule has 1 amide bonds. The van der Waals surface area contributed by atoms with E-state index in [1.54, 1.807) is 24.3 Å². The van der Waals surface area contributed by atoms with E-state index in [1.807, 2.05) is 36.0 Å². The fourth-order valence-corrected chi connectivity index (χ4v) is 4.33. The zero-order valence-corrected chi connectivity index (χ0v) is 17.4. The molecule has 0 saturated carbocycles. The summed E-state index contributed by atoms with van der Waals surface area (Å²) in [4.78, 5) is 15.0. The van der Waals surface area contributed by atoms with Gasteiger partial charge in [-0.25, -0.2) is 4.68 Å². The molecule has 0 atom stereocenters. The van der Waals surface area contributed by atoms with Gasteiger partial charge in [0, 0.05) is 48.6 Å². The van der Waals surface area contributed by atoms with Crippen molar-refractivity contribution in [2.24, 2.45) is 0 Å². The second-order valence-electron chi connectivity index (χ2n) is 7.23. The van der Waals surface area contributed by atoms with Crippen LogP contribution in [0.4, 0.5) is 18.9 Å². The number of carbonyl (C=O) groups is 1. The first-order chi connectivity index (χ1) is 14.9. The summed E-state index contributed by atoms with van der Waals surface area (Å²) in [6, 6.07) is 14.9. The number of benzene rings is 2. The fourth-order valence-electron chi connectivity index (χ4n) is 3.35. The molecule has 5 nitrogen and oxygen atoms in total. The summed E-state index contributed by atoms with van der Waals surface area (Å²) < 4.78 is 39.3. The Kier molecular flexibility index (Phi) is 6.33. The van der Waals surface area contributed by atoms with Crippen molar-refractivity contribution >= 4 is 23.4 Å². The van der Waals surface area contributed by atoms with Crippen molar-refractivity contribution in [2.75, 3.05) is 29.9 Å². The third kappa shape index (κ3) is 5.48. The lowest BCUT2D eigenvalue weighted by atomic mass is 10.1. The Balaban J connectivity index is 1.41. The van der Waals surface area contributed by atoms with Crippen molar-refractivity contribution in [3.63, 3.8) is 0 Å². The van der Waals surface area contributed by atoms with Crippen LogP contribution in [0.5, 0.6) is 0 Å². The minimum absolute atomic E-state index is 0.283. The van der Waals surface area contributed by atoms with Crippen molar-refractivity contribution < 1.29 is 18.0 Å². The van der Waals surface area contributed by atoms with Gasteiger partial charge in [-0.2, -0.15) is 30.0 Å². The Morgan fingerprint density at radius 2 is 1.81 bits per heavy atom. The van der Waals surface area contributed by atoms with E-state index >= 15 is 0 Å². The molecule has 162 valence electrons. The largest absolute Gasteiger partial charge is 0.435 e. The van der Waals surface area contributed by atoms with Gasteiger partial charge in [0.2, 0.25) is 0 Å². The first-order valence-electron chi connectivity index (χ1n) is 9.82. The summed E-state index contributed by atoms with van der Waals surface area (Å²) in [6.45, 7) is 2.98. The molecule has 1 aromatic heterocycles. The molecule has 0 radical (unpaired) electrons. The van der Waals surface area contributed by atoms with Gasteiger partial charge in [0.05, 0.1) is 5.69 Å².